The van der Waals surface area contributed by atoms with E-state index in [0.717, 1.165) is 32.7 Å². The quantitative estimate of drug-likeness (QED) is 0.431. The first-order valence-corrected chi connectivity index (χ1v) is 6.39. The molecular weight excluding hydrogens is 327 g/mol. The van der Waals surface area contributed by atoms with Crippen molar-refractivity contribution in [2.45, 2.75) is 40.7 Å². The Balaban J connectivity index is 0. The zero-order valence-corrected chi connectivity index (χ0v) is 14.3. The van der Waals surface area contributed by atoms with Crippen LogP contribution in [0.3, 0.4) is 0 Å². The molecule has 0 aliphatic rings. The molecule has 0 saturated carbocycles. The van der Waals surface area contributed by atoms with Crippen LogP contribution in [0.1, 0.15) is 34.6 Å². The molecule has 4 nitrogen and oxygen atoms in total. The third-order valence-electron chi connectivity index (χ3n) is 3.04. The molecule has 0 heterocycles. The van der Waals surface area contributed by atoms with Gasteiger partial charge in [-0.1, -0.05) is 13.8 Å². The minimum absolute atomic E-state index is 0. The molecule has 0 rings (SSSR count). The fraction of sp³-hybridized carbons (Fsp3) is 0.917. The van der Waals surface area contributed by atoms with Gasteiger partial charge in [0.2, 0.25) is 0 Å². The molecule has 1 unspecified atom stereocenters. The van der Waals surface area contributed by atoms with Crippen LogP contribution in [-0.2, 0) is 0 Å². The van der Waals surface area contributed by atoms with Crippen molar-refractivity contribution in [1.29, 1.82) is 0 Å². The summed E-state index contributed by atoms with van der Waals surface area (Å²) in [5, 5.41) is 0. The maximum atomic E-state index is 5.93. The number of nitrogens with zero attached hydrogens (tertiary/aromatic N) is 3. The van der Waals surface area contributed by atoms with Gasteiger partial charge in [0, 0.05) is 19.1 Å². The van der Waals surface area contributed by atoms with Crippen LogP contribution in [0.25, 0.3) is 0 Å². The molecule has 5 heteroatoms. The first-order valence-electron chi connectivity index (χ1n) is 6.39. The Morgan fingerprint density at radius 2 is 1.53 bits per heavy atom. The average molecular weight is 356 g/mol. The smallest absolute Gasteiger partial charge is 0.191 e. The highest BCUT2D eigenvalue weighted by molar-refractivity contribution is 14.0. The van der Waals surface area contributed by atoms with Crippen LogP contribution in [0.5, 0.6) is 0 Å². The zero-order valence-electron chi connectivity index (χ0n) is 11.9. The molecule has 0 radical (unpaired) electrons. The summed E-state index contributed by atoms with van der Waals surface area (Å²) in [5.74, 6) is 0.670. The van der Waals surface area contributed by atoms with E-state index in [2.05, 4.69) is 49.4 Å². The van der Waals surface area contributed by atoms with Crippen LogP contribution in [-0.4, -0.2) is 54.5 Å². The van der Waals surface area contributed by atoms with E-state index >= 15 is 0 Å². The number of aliphatic imine (C=N–C) groups is 1. The van der Waals surface area contributed by atoms with Crippen LogP contribution in [0.4, 0.5) is 0 Å². The lowest BCUT2D eigenvalue weighted by atomic mass is 10.3. The summed E-state index contributed by atoms with van der Waals surface area (Å²) in [7, 11) is 0. The monoisotopic (exact) mass is 356 g/mol. The number of guanidine groups is 1. The molecule has 1 atom stereocenters. The van der Waals surface area contributed by atoms with Crippen LogP contribution in [0.15, 0.2) is 4.99 Å². The summed E-state index contributed by atoms with van der Waals surface area (Å²) in [6.45, 7) is 15.5. The minimum Gasteiger partial charge on any atom is -0.370 e. The van der Waals surface area contributed by atoms with Gasteiger partial charge >= 0.3 is 0 Å². The fourth-order valence-electron chi connectivity index (χ4n) is 1.84. The number of rotatable bonds is 7. The molecule has 2 N–H and O–H groups in total. The van der Waals surface area contributed by atoms with Gasteiger partial charge in [0.1, 0.15) is 0 Å². The van der Waals surface area contributed by atoms with Crippen LogP contribution in [0, 0.1) is 0 Å². The van der Waals surface area contributed by atoms with Gasteiger partial charge in [-0.25, -0.2) is 0 Å². The Hall–Kier alpha value is -0.0400. The average Bonchev–Trinajstić information content (AvgIpc) is 2.29. The second-order valence-corrected chi connectivity index (χ2v) is 3.94. The minimum atomic E-state index is 0. The molecule has 0 fully saturated rings. The van der Waals surface area contributed by atoms with Crippen molar-refractivity contribution in [3.8, 4) is 0 Å². The summed E-state index contributed by atoms with van der Waals surface area (Å²) < 4.78 is 0. The number of hydrogen-bond donors (Lipinski definition) is 1. The van der Waals surface area contributed by atoms with E-state index in [1.165, 1.54) is 0 Å². The Bertz CT molecular complexity index is 201. The number of likely N-dealkylation sites (N-methyl/N-ethyl adjacent to an activating group) is 1. The molecular formula is C12H29IN4. The second kappa shape index (κ2) is 11.1. The lowest BCUT2D eigenvalue weighted by Gasteiger charge is -2.26. The van der Waals surface area contributed by atoms with Crippen LogP contribution < -0.4 is 5.73 Å². The molecule has 0 aromatic heterocycles. The predicted octanol–water partition coefficient (Wildman–Crippen LogP) is 1.99. The van der Waals surface area contributed by atoms with Crippen molar-refractivity contribution < 1.29 is 0 Å². The maximum Gasteiger partial charge on any atom is 0.191 e. The van der Waals surface area contributed by atoms with Crippen molar-refractivity contribution in [3.63, 3.8) is 0 Å². The third kappa shape index (κ3) is 7.08. The lowest BCUT2D eigenvalue weighted by Crippen LogP contribution is -2.39. The van der Waals surface area contributed by atoms with E-state index in [0.29, 0.717) is 12.0 Å². The van der Waals surface area contributed by atoms with Gasteiger partial charge in [0.15, 0.2) is 5.96 Å². The summed E-state index contributed by atoms with van der Waals surface area (Å²) in [6.07, 6.45) is 0. The Labute approximate surface area is 124 Å². The first-order chi connectivity index (χ1) is 7.60. The van der Waals surface area contributed by atoms with E-state index in [4.69, 9.17) is 5.73 Å². The van der Waals surface area contributed by atoms with Crippen molar-refractivity contribution in [1.82, 2.24) is 9.80 Å². The Morgan fingerprint density at radius 3 is 1.88 bits per heavy atom. The number of nitrogens with two attached hydrogens (primary N) is 1. The molecule has 0 aliphatic carbocycles. The van der Waals surface area contributed by atoms with Gasteiger partial charge in [-0.15, -0.1) is 24.0 Å². The second-order valence-electron chi connectivity index (χ2n) is 3.94. The third-order valence-corrected chi connectivity index (χ3v) is 3.04. The van der Waals surface area contributed by atoms with E-state index in [9.17, 15) is 0 Å². The standard InChI is InChI=1S/C12H28N4.HI/c1-6-15(7-2)11(5)10-14-12(13)16(8-3)9-4;/h11H,6-10H2,1-5H3,(H2,13,14);1H. The molecule has 17 heavy (non-hydrogen) atoms. The van der Waals surface area contributed by atoms with E-state index in [-0.39, 0.29) is 24.0 Å². The zero-order chi connectivity index (χ0) is 12.6. The van der Waals surface area contributed by atoms with Gasteiger partial charge in [-0.3, -0.25) is 9.89 Å². The molecule has 0 saturated heterocycles. The van der Waals surface area contributed by atoms with Crippen molar-refractivity contribution >= 4 is 29.9 Å². The van der Waals surface area contributed by atoms with Crippen LogP contribution >= 0.6 is 24.0 Å². The van der Waals surface area contributed by atoms with Gasteiger partial charge in [0.25, 0.3) is 0 Å². The molecule has 104 valence electrons. The highest BCUT2D eigenvalue weighted by atomic mass is 127. The topological polar surface area (TPSA) is 44.9 Å². The number of hydrogen-bond acceptors (Lipinski definition) is 2. The summed E-state index contributed by atoms with van der Waals surface area (Å²) in [5.41, 5.74) is 5.93. The predicted molar refractivity (Wildman–Crippen MR) is 87.2 cm³/mol. The van der Waals surface area contributed by atoms with E-state index in [1.54, 1.807) is 0 Å². The van der Waals surface area contributed by atoms with Crippen molar-refractivity contribution in [3.05, 3.63) is 0 Å². The highest BCUT2D eigenvalue weighted by Crippen LogP contribution is 1.99. The molecule has 0 aromatic carbocycles. The largest absolute Gasteiger partial charge is 0.370 e. The van der Waals surface area contributed by atoms with Crippen LogP contribution in [0.2, 0.25) is 0 Å². The van der Waals surface area contributed by atoms with Crippen molar-refractivity contribution in [2.75, 3.05) is 32.7 Å². The van der Waals surface area contributed by atoms with Crippen molar-refractivity contribution in [2.24, 2.45) is 10.7 Å². The van der Waals surface area contributed by atoms with E-state index < -0.39 is 0 Å². The van der Waals surface area contributed by atoms with E-state index in [1.807, 2.05) is 0 Å². The first kappa shape index (κ1) is 19.3. The fourth-order valence-corrected chi connectivity index (χ4v) is 1.84. The highest BCUT2D eigenvalue weighted by Gasteiger charge is 2.09. The summed E-state index contributed by atoms with van der Waals surface area (Å²) >= 11 is 0. The van der Waals surface area contributed by atoms with Gasteiger partial charge in [0.05, 0.1) is 6.54 Å². The normalized spacial score (nSPS) is 13.4. The number of halogens is 1. The molecule has 0 aromatic rings. The maximum absolute atomic E-state index is 5.93. The van der Waals surface area contributed by atoms with Gasteiger partial charge in [-0.2, -0.15) is 0 Å². The lowest BCUT2D eigenvalue weighted by molar-refractivity contribution is 0.236. The molecule has 0 spiro atoms. The molecule has 0 aliphatic heterocycles. The van der Waals surface area contributed by atoms with Gasteiger partial charge < -0.3 is 10.6 Å². The Morgan fingerprint density at radius 1 is 1.06 bits per heavy atom. The summed E-state index contributed by atoms with van der Waals surface area (Å²) in [4.78, 5) is 8.93. The SMILES string of the molecule is CCN(CC)C(N)=NCC(C)N(CC)CC.I. The molecule has 0 amide bonds. The molecule has 0 bridgehead atoms. The van der Waals surface area contributed by atoms with Gasteiger partial charge in [-0.05, 0) is 33.9 Å². The summed E-state index contributed by atoms with van der Waals surface area (Å²) in [6, 6.07) is 0.462. The Kier molecular flexibility index (Phi) is 12.6.